The van der Waals surface area contributed by atoms with Crippen LogP contribution < -0.4 is 0 Å². The van der Waals surface area contributed by atoms with Crippen molar-refractivity contribution in [2.75, 3.05) is 19.6 Å². The van der Waals surface area contributed by atoms with Crippen molar-refractivity contribution in [1.82, 2.24) is 4.90 Å². The molecule has 13 heavy (non-hydrogen) atoms. The molecule has 1 nitrogen and oxygen atoms in total. The van der Waals surface area contributed by atoms with E-state index in [2.05, 4.69) is 0 Å². The first-order chi connectivity index (χ1) is 6.04. The lowest BCUT2D eigenvalue weighted by Crippen LogP contribution is -2.38. The molecule has 1 fully saturated rings. The Morgan fingerprint density at radius 2 is 1.85 bits per heavy atom. The summed E-state index contributed by atoms with van der Waals surface area (Å²) < 4.78 is 36.6. The first-order valence-electron chi connectivity index (χ1n) is 4.36. The van der Waals surface area contributed by atoms with Crippen LogP contribution in [0.4, 0.5) is 13.2 Å². The largest absolute Gasteiger partial charge is 0.391 e. The number of alkyl halides is 3. The predicted molar refractivity (Wildman–Crippen MR) is 44.1 cm³/mol. The normalized spacial score (nSPS) is 21.8. The van der Waals surface area contributed by atoms with E-state index in [1.54, 1.807) is 0 Å². The van der Waals surface area contributed by atoms with Gasteiger partial charge in [0.15, 0.2) is 0 Å². The maximum Gasteiger partial charge on any atom is 0.391 e. The maximum absolute atomic E-state index is 12.2. The minimum absolute atomic E-state index is 0.206. The van der Waals surface area contributed by atoms with Gasteiger partial charge >= 0.3 is 6.18 Å². The highest BCUT2D eigenvalue weighted by Crippen LogP contribution is 2.33. The van der Waals surface area contributed by atoms with Crippen LogP contribution in [0.5, 0.6) is 0 Å². The number of halogens is 3. The molecule has 0 aromatic rings. The SMILES string of the molecule is [CH]=CCN1CCC(C(F)(F)F)CC1. The van der Waals surface area contributed by atoms with Gasteiger partial charge in [-0.05, 0) is 25.9 Å². The van der Waals surface area contributed by atoms with Gasteiger partial charge in [-0.3, -0.25) is 4.90 Å². The zero-order valence-corrected chi connectivity index (χ0v) is 7.35. The van der Waals surface area contributed by atoms with E-state index in [4.69, 9.17) is 6.58 Å². The molecule has 1 saturated heterocycles. The van der Waals surface area contributed by atoms with E-state index in [1.165, 1.54) is 6.08 Å². The summed E-state index contributed by atoms with van der Waals surface area (Å²) in [6.07, 6.45) is -2.12. The summed E-state index contributed by atoms with van der Waals surface area (Å²) >= 11 is 0. The van der Waals surface area contributed by atoms with Gasteiger partial charge in [-0.15, -0.1) is 0 Å². The molecule has 0 unspecified atom stereocenters. The standard InChI is InChI=1S/C9H13F3N/c1-2-5-13-6-3-8(4-7-13)9(10,11)12/h1-2,8H,3-7H2. The average molecular weight is 192 g/mol. The Morgan fingerprint density at radius 1 is 1.31 bits per heavy atom. The first-order valence-corrected chi connectivity index (χ1v) is 4.36. The average Bonchev–Trinajstić information content (AvgIpc) is 2.04. The fraction of sp³-hybridized carbons (Fsp3) is 0.778. The van der Waals surface area contributed by atoms with E-state index < -0.39 is 12.1 Å². The molecule has 0 amide bonds. The van der Waals surface area contributed by atoms with Crippen molar-refractivity contribution < 1.29 is 13.2 Å². The Labute approximate surface area is 76.2 Å². The van der Waals surface area contributed by atoms with Gasteiger partial charge in [0.05, 0.1) is 5.92 Å². The molecule has 1 heterocycles. The van der Waals surface area contributed by atoms with Crippen molar-refractivity contribution in [2.45, 2.75) is 19.0 Å². The Bertz CT molecular complexity index is 168. The smallest absolute Gasteiger partial charge is 0.300 e. The van der Waals surface area contributed by atoms with Gasteiger partial charge in [0.2, 0.25) is 0 Å². The number of rotatable bonds is 2. The van der Waals surface area contributed by atoms with Gasteiger partial charge in [0.1, 0.15) is 0 Å². The molecule has 0 aromatic heterocycles. The van der Waals surface area contributed by atoms with Crippen LogP contribution in [0.25, 0.3) is 0 Å². The maximum atomic E-state index is 12.2. The molecule has 0 aromatic carbocycles. The topological polar surface area (TPSA) is 3.24 Å². The lowest BCUT2D eigenvalue weighted by molar-refractivity contribution is -0.184. The summed E-state index contributed by atoms with van der Waals surface area (Å²) in [4.78, 5) is 1.93. The van der Waals surface area contributed by atoms with Crippen LogP contribution in [0.15, 0.2) is 6.08 Å². The van der Waals surface area contributed by atoms with Crippen LogP contribution >= 0.6 is 0 Å². The Balaban J connectivity index is 2.34. The second-order valence-corrected chi connectivity index (χ2v) is 3.35. The highest BCUT2D eigenvalue weighted by molar-refractivity contribution is 4.80. The molecule has 0 N–H and O–H groups in total. The zero-order valence-electron chi connectivity index (χ0n) is 7.35. The number of hydrogen-bond donors (Lipinski definition) is 0. The number of nitrogens with zero attached hydrogens (tertiary/aromatic N) is 1. The molecule has 0 bridgehead atoms. The lowest BCUT2D eigenvalue weighted by atomic mass is 9.96. The van der Waals surface area contributed by atoms with Crippen LogP contribution in [0, 0.1) is 12.5 Å². The third kappa shape index (κ3) is 3.03. The second kappa shape index (κ2) is 4.13. The van der Waals surface area contributed by atoms with Gasteiger partial charge in [0.25, 0.3) is 0 Å². The summed E-state index contributed by atoms with van der Waals surface area (Å²) in [7, 11) is 0. The fourth-order valence-corrected chi connectivity index (χ4v) is 1.59. The molecule has 0 atom stereocenters. The molecule has 1 aliphatic rings. The zero-order chi connectivity index (χ0) is 9.90. The molecule has 0 spiro atoms. The molecule has 1 rings (SSSR count). The molecule has 1 aliphatic heterocycles. The van der Waals surface area contributed by atoms with Gasteiger partial charge in [0, 0.05) is 6.54 Å². The van der Waals surface area contributed by atoms with Gasteiger partial charge in [-0.2, -0.15) is 13.2 Å². The van der Waals surface area contributed by atoms with Crippen molar-refractivity contribution in [2.24, 2.45) is 5.92 Å². The Hall–Kier alpha value is -0.510. The third-order valence-corrected chi connectivity index (χ3v) is 2.41. The van der Waals surface area contributed by atoms with Gasteiger partial charge < -0.3 is 0 Å². The monoisotopic (exact) mass is 192 g/mol. The summed E-state index contributed by atoms with van der Waals surface area (Å²) in [5, 5.41) is 0. The first kappa shape index (κ1) is 10.6. The van der Waals surface area contributed by atoms with E-state index in [0.29, 0.717) is 19.6 Å². The highest BCUT2D eigenvalue weighted by atomic mass is 19.4. The highest BCUT2D eigenvalue weighted by Gasteiger charge is 2.40. The third-order valence-electron chi connectivity index (χ3n) is 2.41. The predicted octanol–water partition coefficient (Wildman–Crippen LogP) is 2.25. The van der Waals surface area contributed by atoms with E-state index in [9.17, 15) is 13.2 Å². The van der Waals surface area contributed by atoms with Crippen molar-refractivity contribution in [3.05, 3.63) is 12.7 Å². The quantitative estimate of drug-likeness (QED) is 0.648. The van der Waals surface area contributed by atoms with E-state index in [1.807, 2.05) is 4.90 Å². The van der Waals surface area contributed by atoms with Crippen LogP contribution in [-0.2, 0) is 0 Å². The number of hydrogen-bond acceptors (Lipinski definition) is 1. The molecule has 0 aliphatic carbocycles. The Morgan fingerprint density at radius 3 is 2.23 bits per heavy atom. The van der Waals surface area contributed by atoms with Crippen molar-refractivity contribution in [3.63, 3.8) is 0 Å². The number of piperidine rings is 1. The molecule has 75 valence electrons. The summed E-state index contributed by atoms with van der Waals surface area (Å²) in [5.74, 6) is -1.11. The number of likely N-dealkylation sites (tertiary alicyclic amines) is 1. The second-order valence-electron chi connectivity index (χ2n) is 3.35. The van der Waals surface area contributed by atoms with Crippen molar-refractivity contribution >= 4 is 0 Å². The Kier molecular flexibility index (Phi) is 3.36. The minimum atomic E-state index is -4.02. The molecule has 0 saturated carbocycles. The minimum Gasteiger partial charge on any atom is -0.300 e. The summed E-state index contributed by atoms with van der Waals surface area (Å²) in [6, 6.07) is 0. The van der Waals surface area contributed by atoms with E-state index in [-0.39, 0.29) is 12.8 Å². The van der Waals surface area contributed by atoms with E-state index in [0.717, 1.165) is 0 Å². The fourth-order valence-electron chi connectivity index (χ4n) is 1.59. The van der Waals surface area contributed by atoms with Crippen LogP contribution in [0.2, 0.25) is 0 Å². The van der Waals surface area contributed by atoms with Gasteiger partial charge in [-0.1, -0.05) is 12.7 Å². The van der Waals surface area contributed by atoms with Crippen LogP contribution in [0.3, 0.4) is 0 Å². The summed E-state index contributed by atoms with van der Waals surface area (Å²) in [5.41, 5.74) is 0. The molecular formula is C9H13F3N. The van der Waals surface area contributed by atoms with E-state index >= 15 is 0 Å². The molecular weight excluding hydrogens is 179 g/mol. The molecule has 4 heteroatoms. The summed E-state index contributed by atoms with van der Waals surface area (Å²) in [6.45, 7) is 6.77. The molecule has 1 radical (unpaired) electrons. The van der Waals surface area contributed by atoms with Crippen LogP contribution in [0.1, 0.15) is 12.8 Å². The van der Waals surface area contributed by atoms with Gasteiger partial charge in [-0.25, -0.2) is 0 Å². The van der Waals surface area contributed by atoms with Crippen LogP contribution in [-0.4, -0.2) is 30.7 Å². The lowest BCUT2D eigenvalue weighted by Gasteiger charge is -2.31. The van der Waals surface area contributed by atoms with Crippen molar-refractivity contribution in [3.8, 4) is 0 Å². The van der Waals surface area contributed by atoms with Crippen molar-refractivity contribution in [1.29, 1.82) is 0 Å².